The second kappa shape index (κ2) is 11.7. The number of thioether (sulfide) groups is 1. The SMILES string of the molecule is COc1ccc(/C=C/C(=O)NCc2nnc(SCC(=O)Nc3nc4ccccc4s3)n2C)cc1OC. The maximum absolute atomic E-state index is 12.4. The molecule has 0 unspecified atom stereocenters. The van der Waals surface area contributed by atoms with E-state index >= 15 is 0 Å². The fraction of sp³-hybridized carbons (Fsp3) is 0.208. The third kappa shape index (κ3) is 6.20. The molecule has 4 aromatic rings. The van der Waals surface area contributed by atoms with E-state index in [-0.39, 0.29) is 24.1 Å². The lowest BCUT2D eigenvalue weighted by Crippen LogP contribution is -2.22. The first-order chi connectivity index (χ1) is 17.5. The molecule has 0 atom stereocenters. The molecule has 0 aliphatic carbocycles. The van der Waals surface area contributed by atoms with Crippen LogP contribution < -0.4 is 20.1 Å². The third-order valence-corrected chi connectivity index (χ3v) is 7.03. The van der Waals surface area contributed by atoms with Crippen LogP contribution in [0.25, 0.3) is 16.3 Å². The lowest BCUT2D eigenvalue weighted by atomic mass is 10.2. The first kappa shape index (κ1) is 25.2. The number of anilines is 1. The molecular formula is C24H24N6O4S2. The molecule has 4 rings (SSSR count). The number of hydrogen-bond donors (Lipinski definition) is 2. The second-order valence-electron chi connectivity index (χ2n) is 7.45. The highest BCUT2D eigenvalue weighted by Gasteiger charge is 2.13. The van der Waals surface area contributed by atoms with Crippen LogP contribution in [-0.2, 0) is 23.2 Å². The summed E-state index contributed by atoms with van der Waals surface area (Å²) in [5.41, 5.74) is 1.65. The number of carbonyl (C=O) groups excluding carboxylic acids is 2. The molecule has 0 fully saturated rings. The molecule has 0 spiro atoms. The van der Waals surface area contributed by atoms with Gasteiger partial charge in [0, 0.05) is 13.1 Å². The van der Waals surface area contributed by atoms with E-state index < -0.39 is 0 Å². The number of fused-ring (bicyclic) bond motifs is 1. The molecule has 2 N–H and O–H groups in total. The lowest BCUT2D eigenvalue weighted by molar-refractivity contribution is -0.116. The summed E-state index contributed by atoms with van der Waals surface area (Å²) in [6.45, 7) is 0.192. The number of nitrogens with one attached hydrogen (secondary N) is 2. The summed E-state index contributed by atoms with van der Waals surface area (Å²) in [6.07, 6.45) is 3.11. The van der Waals surface area contributed by atoms with Gasteiger partial charge in [-0.05, 0) is 35.9 Å². The quantitative estimate of drug-likeness (QED) is 0.239. The highest BCUT2D eigenvalue weighted by atomic mass is 32.2. The van der Waals surface area contributed by atoms with Crippen LogP contribution in [0, 0.1) is 0 Å². The fourth-order valence-corrected chi connectivity index (χ4v) is 4.80. The van der Waals surface area contributed by atoms with E-state index in [0.717, 1.165) is 15.8 Å². The summed E-state index contributed by atoms with van der Waals surface area (Å²) in [5.74, 6) is 1.45. The van der Waals surface area contributed by atoms with E-state index in [4.69, 9.17) is 9.47 Å². The highest BCUT2D eigenvalue weighted by molar-refractivity contribution is 7.99. The zero-order valence-electron chi connectivity index (χ0n) is 19.8. The van der Waals surface area contributed by atoms with Gasteiger partial charge in [0.05, 0.1) is 36.7 Å². The Morgan fingerprint density at radius 1 is 1.11 bits per heavy atom. The third-order valence-electron chi connectivity index (χ3n) is 5.05. The zero-order chi connectivity index (χ0) is 25.5. The summed E-state index contributed by atoms with van der Waals surface area (Å²) >= 11 is 2.68. The average molecular weight is 525 g/mol. The summed E-state index contributed by atoms with van der Waals surface area (Å²) in [4.78, 5) is 29.0. The minimum atomic E-state index is -0.280. The van der Waals surface area contributed by atoms with Crippen molar-refractivity contribution in [2.75, 3.05) is 25.3 Å². The Labute approximate surface area is 215 Å². The summed E-state index contributed by atoms with van der Waals surface area (Å²) in [6, 6.07) is 13.1. The lowest BCUT2D eigenvalue weighted by Gasteiger charge is -2.07. The van der Waals surface area contributed by atoms with E-state index in [1.165, 1.54) is 29.2 Å². The molecule has 2 aromatic heterocycles. The molecule has 186 valence electrons. The molecule has 0 bridgehead atoms. The number of nitrogens with zero attached hydrogens (tertiary/aromatic N) is 4. The highest BCUT2D eigenvalue weighted by Crippen LogP contribution is 2.28. The Morgan fingerprint density at radius 3 is 2.69 bits per heavy atom. The number of benzene rings is 2. The standard InChI is InChI=1S/C24H24N6O4S2/c1-30-20(13-25-21(31)11-9-15-8-10-17(33-2)18(12-15)34-3)28-29-24(30)35-14-22(32)27-23-26-16-6-4-5-7-19(16)36-23/h4-12H,13-14H2,1-3H3,(H,25,31)(H,26,27,32)/b11-9+. The van der Waals surface area contributed by atoms with Crippen molar-refractivity contribution in [3.05, 3.63) is 59.9 Å². The van der Waals surface area contributed by atoms with E-state index in [0.29, 0.717) is 27.6 Å². The molecule has 36 heavy (non-hydrogen) atoms. The van der Waals surface area contributed by atoms with Gasteiger partial charge in [0.25, 0.3) is 0 Å². The maximum atomic E-state index is 12.4. The Morgan fingerprint density at radius 2 is 1.92 bits per heavy atom. The minimum Gasteiger partial charge on any atom is -0.493 e. The van der Waals surface area contributed by atoms with Crippen LogP contribution in [0.2, 0.25) is 0 Å². The normalized spacial score (nSPS) is 11.1. The first-order valence-corrected chi connectivity index (χ1v) is 12.6. The smallest absolute Gasteiger partial charge is 0.244 e. The van der Waals surface area contributed by atoms with Crippen molar-refractivity contribution in [2.45, 2.75) is 11.7 Å². The van der Waals surface area contributed by atoms with Gasteiger partial charge in [-0.25, -0.2) is 4.98 Å². The Kier molecular flexibility index (Phi) is 8.18. The van der Waals surface area contributed by atoms with Crippen molar-refractivity contribution >= 4 is 56.3 Å². The average Bonchev–Trinajstić information content (AvgIpc) is 3.46. The summed E-state index contributed by atoms with van der Waals surface area (Å²) in [5, 5.41) is 15.0. The zero-order valence-corrected chi connectivity index (χ0v) is 21.5. The molecule has 0 aliphatic rings. The fourth-order valence-electron chi connectivity index (χ4n) is 3.19. The molecule has 2 amide bonds. The van der Waals surface area contributed by atoms with Gasteiger partial charge in [-0.1, -0.05) is 41.3 Å². The molecule has 10 nitrogen and oxygen atoms in total. The molecule has 0 aliphatic heterocycles. The van der Waals surface area contributed by atoms with Gasteiger partial charge in [0.2, 0.25) is 11.8 Å². The number of ether oxygens (including phenoxy) is 2. The monoisotopic (exact) mass is 524 g/mol. The molecule has 2 heterocycles. The minimum absolute atomic E-state index is 0.155. The predicted octanol–water partition coefficient (Wildman–Crippen LogP) is 3.50. The molecule has 12 heteroatoms. The number of amides is 2. The molecular weight excluding hydrogens is 500 g/mol. The molecule has 0 saturated heterocycles. The van der Waals surface area contributed by atoms with Crippen LogP contribution in [0.1, 0.15) is 11.4 Å². The molecule has 0 saturated carbocycles. The Bertz CT molecular complexity index is 1380. The number of carbonyl (C=O) groups is 2. The number of methoxy groups -OCH3 is 2. The number of hydrogen-bond acceptors (Lipinski definition) is 9. The summed E-state index contributed by atoms with van der Waals surface area (Å²) < 4.78 is 13.2. The van der Waals surface area contributed by atoms with Crippen molar-refractivity contribution in [3.63, 3.8) is 0 Å². The molecule has 2 aromatic carbocycles. The summed E-state index contributed by atoms with van der Waals surface area (Å²) in [7, 11) is 4.91. The van der Waals surface area contributed by atoms with Crippen molar-refractivity contribution in [2.24, 2.45) is 7.05 Å². The molecule has 0 radical (unpaired) electrons. The van der Waals surface area contributed by atoms with E-state index in [2.05, 4.69) is 25.8 Å². The van der Waals surface area contributed by atoms with Crippen LogP contribution in [-0.4, -0.2) is 51.5 Å². The van der Waals surface area contributed by atoms with Crippen LogP contribution in [0.3, 0.4) is 0 Å². The van der Waals surface area contributed by atoms with Crippen molar-refractivity contribution in [1.29, 1.82) is 0 Å². The second-order valence-corrected chi connectivity index (χ2v) is 9.42. The van der Waals surface area contributed by atoms with Gasteiger partial charge in [-0.15, -0.1) is 10.2 Å². The van der Waals surface area contributed by atoms with Crippen molar-refractivity contribution < 1.29 is 19.1 Å². The predicted molar refractivity (Wildman–Crippen MR) is 140 cm³/mol. The number of rotatable bonds is 10. The number of thiazole rings is 1. The van der Waals surface area contributed by atoms with Crippen molar-refractivity contribution in [1.82, 2.24) is 25.1 Å². The Balaban J connectivity index is 1.26. The van der Waals surface area contributed by atoms with Crippen LogP contribution >= 0.6 is 23.1 Å². The van der Waals surface area contributed by atoms with E-state index in [1.54, 1.807) is 44.0 Å². The maximum Gasteiger partial charge on any atom is 0.244 e. The van der Waals surface area contributed by atoms with E-state index in [1.807, 2.05) is 30.3 Å². The van der Waals surface area contributed by atoms with Gasteiger partial charge >= 0.3 is 0 Å². The number of aromatic nitrogens is 4. The van der Waals surface area contributed by atoms with Gasteiger partial charge in [0.15, 0.2) is 27.6 Å². The number of para-hydroxylation sites is 1. The topological polar surface area (TPSA) is 120 Å². The van der Waals surface area contributed by atoms with E-state index in [9.17, 15) is 9.59 Å². The van der Waals surface area contributed by atoms with Crippen LogP contribution in [0.5, 0.6) is 11.5 Å². The first-order valence-electron chi connectivity index (χ1n) is 10.8. The van der Waals surface area contributed by atoms with Gasteiger partial charge in [-0.3, -0.25) is 9.59 Å². The largest absolute Gasteiger partial charge is 0.493 e. The van der Waals surface area contributed by atoms with Crippen LogP contribution in [0.4, 0.5) is 5.13 Å². The van der Waals surface area contributed by atoms with Gasteiger partial charge in [-0.2, -0.15) is 0 Å². The van der Waals surface area contributed by atoms with Crippen LogP contribution in [0.15, 0.2) is 53.7 Å². The van der Waals surface area contributed by atoms with Gasteiger partial charge in [0.1, 0.15) is 0 Å². The Hall–Kier alpha value is -3.90. The van der Waals surface area contributed by atoms with Gasteiger partial charge < -0.3 is 24.7 Å². The van der Waals surface area contributed by atoms with Crippen molar-refractivity contribution in [3.8, 4) is 11.5 Å².